The van der Waals surface area contributed by atoms with Gasteiger partial charge in [-0.2, -0.15) is 0 Å². The zero-order chi connectivity index (χ0) is 91.5. The summed E-state index contributed by atoms with van der Waals surface area (Å²) in [7, 11) is 0. The van der Waals surface area contributed by atoms with Gasteiger partial charge in [0.2, 0.25) is 0 Å². The minimum atomic E-state index is 1.14. The molecule has 22 aromatic carbocycles. The second kappa shape index (κ2) is 33.3. The predicted octanol–water partition coefficient (Wildman–Crippen LogP) is 35.1. The lowest BCUT2D eigenvalue weighted by atomic mass is 9.98. The van der Waals surface area contributed by atoms with Crippen molar-refractivity contribution in [1.82, 2.24) is 32.0 Å². The highest BCUT2D eigenvalue weighted by atomic mass is 15.0. The van der Waals surface area contributed by atoms with Crippen molar-refractivity contribution in [3.8, 4) is 95.4 Å². The maximum absolute atomic E-state index is 2.47. The Morgan fingerprint density at radius 3 is 0.554 bits per heavy atom. The highest BCUT2D eigenvalue weighted by molar-refractivity contribution is 6.29. The number of rotatable bonds is 12. The average molecular weight is 1770 g/mol. The zero-order valence-corrected chi connectivity index (χ0v) is 75.9. The lowest BCUT2D eigenvalue weighted by molar-refractivity contribution is 1.14. The Hall–Kier alpha value is -18.6. The fourth-order valence-corrected chi connectivity index (χ4v) is 22.4. The molecule has 0 amide bonds. The summed E-state index contributed by atoms with van der Waals surface area (Å²) in [5.41, 5.74) is 37.1. The van der Waals surface area contributed by atoms with Crippen LogP contribution in [-0.2, 0) is 0 Å². The molecule has 0 bridgehead atoms. The molecular weight excluding hydrogens is 1680 g/mol. The molecule has 7 heterocycles. The van der Waals surface area contributed by atoms with Gasteiger partial charge in [0.1, 0.15) is 0 Å². The van der Waals surface area contributed by atoms with Crippen LogP contribution in [-0.4, -0.2) is 32.0 Å². The van der Waals surface area contributed by atoms with Gasteiger partial charge in [-0.15, -0.1) is 0 Å². The number of hydrogen-bond donors (Lipinski definition) is 0. The molecule has 0 N–H and O–H groups in total. The van der Waals surface area contributed by atoms with Gasteiger partial charge in [-0.05, 0) is 219 Å². The molecule has 7 heteroatoms. The van der Waals surface area contributed by atoms with Crippen molar-refractivity contribution in [3.63, 3.8) is 0 Å². The Balaban J connectivity index is 0.000000105. The second-order valence-corrected chi connectivity index (χ2v) is 36.2. The van der Waals surface area contributed by atoms with Gasteiger partial charge in [0.25, 0.3) is 0 Å². The normalized spacial score (nSPS) is 11.7. The van der Waals surface area contributed by atoms with Crippen molar-refractivity contribution in [2.45, 2.75) is 0 Å². The van der Waals surface area contributed by atoms with Crippen LogP contribution in [0.4, 0.5) is 0 Å². The van der Waals surface area contributed by atoms with Crippen LogP contribution >= 0.6 is 0 Å². The van der Waals surface area contributed by atoms with E-state index >= 15 is 0 Å². The van der Waals surface area contributed by atoms with Crippen LogP contribution in [0.5, 0.6) is 0 Å². The van der Waals surface area contributed by atoms with Gasteiger partial charge >= 0.3 is 0 Å². The lowest BCUT2D eigenvalue weighted by Crippen LogP contribution is -1.97. The van der Waals surface area contributed by atoms with Crippen molar-refractivity contribution < 1.29 is 0 Å². The first kappa shape index (κ1) is 80.1. The molecule has 29 rings (SSSR count). The SMILES string of the molecule is c1ccc(-c2cc(-c3ccccc3)cc(-n3c4ccccc4c4c3ccc3c5ccccc5n(-c5ccccc5)c34)c2)cc1.c1ccc(-c2ccc(-n3c4ccccc4c4ccc5c(c6ccccc6n5-c5cc(-c6ccccc6)cc(-c6ccccc6)c5)c43)cc2)cc1.c1ccc(-n2c3ccccc3c3ccc4c(c5ccccc5n4-c4ccc(-n5c6ccccc6c6ccccc65)cc4)c32)cc1. The maximum Gasteiger partial charge on any atom is 0.0641 e. The Morgan fingerprint density at radius 1 is 0.0935 bits per heavy atom. The van der Waals surface area contributed by atoms with E-state index in [1.165, 1.54) is 220 Å². The van der Waals surface area contributed by atoms with Crippen LogP contribution in [0.1, 0.15) is 0 Å². The molecule has 0 saturated heterocycles. The van der Waals surface area contributed by atoms with E-state index in [1.807, 2.05) is 0 Å². The third-order valence-electron chi connectivity index (χ3n) is 28.4. The Morgan fingerprint density at radius 2 is 0.273 bits per heavy atom. The first-order chi connectivity index (χ1) is 69.0. The molecule has 7 aromatic heterocycles. The number of para-hydroxylation sites is 10. The monoisotopic (exact) mass is 1770 g/mol. The van der Waals surface area contributed by atoms with E-state index in [2.05, 4.69) is 560 Å². The van der Waals surface area contributed by atoms with Gasteiger partial charge in [0, 0.05) is 115 Å². The molecule has 0 saturated carbocycles. The lowest BCUT2D eigenvalue weighted by Gasteiger charge is -2.14. The molecule has 0 unspecified atom stereocenters. The Labute approximate surface area is 802 Å². The van der Waals surface area contributed by atoms with Gasteiger partial charge < -0.3 is 32.0 Å². The zero-order valence-electron chi connectivity index (χ0n) is 75.9. The van der Waals surface area contributed by atoms with Crippen LogP contribution in [0.25, 0.3) is 248 Å². The van der Waals surface area contributed by atoms with Gasteiger partial charge in [0.05, 0.1) is 77.2 Å². The van der Waals surface area contributed by atoms with Gasteiger partial charge in [-0.25, -0.2) is 0 Å². The summed E-state index contributed by atoms with van der Waals surface area (Å²) in [6.07, 6.45) is 0. The van der Waals surface area contributed by atoms with Crippen LogP contribution in [0.15, 0.2) is 528 Å². The number of nitrogens with zero attached hydrogens (tertiary/aromatic N) is 7. The van der Waals surface area contributed by atoms with E-state index in [4.69, 9.17) is 0 Å². The molecular formula is C132H87N7. The summed E-state index contributed by atoms with van der Waals surface area (Å²) >= 11 is 0. The van der Waals surface area contributed by atoms with Crippen molar-refractivity contribution in [2.24, 2.45) is 0 Å². The fourth-order valence-electron chi connectivity index (χ4n) is 22.4. The van der Waals surface area contributed by atoms with Crippen LogP contribution in [0.3, 0.4) is 0 Å². The van der Waals surface area contributed by atoms with Crippen LogP contribution < -0.4 is 0 Å². The summed E-state index contributed by atoms with van der Waals surface area (Å²) in [5, 5.41) is 17.7. The van der Waals surface area contributed by atoms with E-state index in [-0.39, 0.29) is 0 Å². The number of aromatic nitrogens is 7. The molecule has 0 radical (unpaired) electrons. The molecule has 7 nitrogen and oxygen atoms in total. The quantitative estimate of drug-likeness (QED) is 0.117. The molecule has 650 valence electrons. The third kappa shape index (κ3) is 13.3. The molecule has 139 heavy (non-hydrogen) atoms. The van der Waals surface area contributed by atoms with Crippen molar-refractivity contribution >= 4 is 153 Å². The smallest absolute Gasteiger partial charge is 0.0641 e. The molecule has 0 aliphatic carbocycles. The summed E-state index contributed by atoms with van der Waals surface area (Å²) in [6, 6.07) is 191. The second-order valence-electron chi connectivity index (χ2n) is 36.2. The molecule has 0 spiro atoms. The molecule has 0 fully saturated rings. The first-order valence-corrected chi connectivity index (χ1v) is 47.8. The maximum atomic E-state index is 2.47. The van der Waals surface area contributed by atoms with E-state index in [1.54, 1.807) is 0 Å². The predicted molar refractivity (Wildman–Crippen MR) is 587 cm³/mol. The topological polar surface area (TPSA) is 34.5 Å². The minimum absolute atomic E-state index is 1.14. The Bertz CT molecular complexity index is 9660. The molecule has 0 aliphatic rings. The summed E-state index contributed by atoms with van der Waals surface area (Å²) in [6.45, 7) is 0. The largest absolute Gasteiger partial charge is 0.309 e. The summed E-state index contributed by atoms with van der Waals surface area (Å²) in [5.74, 6) is 0. The van der Waals surface area contributed by atoms with Crippen LogP contribution in [0, 0.1) is 0 Å². The van der Waals surface area contributed by atoms with Crippen molar-refractivity contribution in [2.75, 3.05) is 0 Å². The van der Waals surface area contributed by atoms with Gasteiger partial charge in [-0.3, -0.25) is 0 Å². The highest BCUT2D eigenvalue weighted by Gasteiger charge is 2.27. The van der Waals surface area contributed by atoms with E-state index in [9.17, 15) is 0 Å². The number of benzene rings is 22. The molecule has 0 aliphatic heterocycles. The summed E-state index contributed by atoms with van der Waals surface area (Å²) < 4.78 is 17.1. The van der Waals surface area contributed by atoms with E-state index in [0.29, 0.717) is 0 Å². The standard InChI is InChI=1S/C48H32N2.C42H27N3.C42H28N2/c1-4-14-33(15-5-1)36-24-26-39(27-25-36)50-44-22-12-10-20-41(44)42-28-29-46-47(48(42)50)43-21-11-13-23-45(43)49(46)40-31-37(34-16-6-2-7-17-34)30-38(32-40)35-18-8-3-9-19-35;1-2-12-28(13-3-1)45-38-20-10-6-16-33(38)34-26-27-40-41(42(34)45)35-17-7-11-21-39(35)44(40)30-24-22-29(23-25-30)43-36-18-8-4-14-31(36)32-15-5-9-19-37(32)43;1-4-14-29(15-5-1)31-26-32(30-16-6-2-7-17-30)28-34(27-31)43-39-23-13-11-21-37(39)41-40(43)25-24-36-35-20-10-12-22-38(35)44(42(36)41)33-18-8-3-9-19-33/h1-32H;1-27H;1-28H. The first-order valence-electron chi connectivity index (χ1n) is 47.8. The summed E-state index contributed by atoms with van der Waals surface area (Å²) in [4.78, 5) is 0. The van der Waals surface area contributed by atoms with Crippen molar-refractivity contribution in [1.29, 1.82) is 0 Å². The molecule has 29 aromatic rings. The number of fused-ring (bicyclic) bond motifs is 24. The van der Waals surface area contributed by atoms with Crippen molar-refractivity contribution in [3.05, 3.63) is 528 Å². The average Bonchev–Trinajstić information content (AvgIpc) is 1.55. The van der Waals surface area contributed by atoms with Gasteiger partial charge in [-0.1, -0.05) is 364 Å². The van der Waals surface area contributed by atoms with E-state index in [0.717, 1.165) is 28.4 Å². The van der Waals surface area contributed by atoms with E-state index < -0.39 is 0 Å². The highest BCUT2D eigenvalue weighted by Crippen LogP contribution is 2.49. The fraction of sp³-hybridized carbons (Fsp3) is 0. The number of hydrogen-bond acceptors (Lipinski definition) is 0. The third-order valence-corrected chi connectivity index (χ3v) is 28.4. The molecule has 0 atom stereocenters. The minimum Gasteiger partial charge on any atom is -0.309 e. The van der Waals surface area contributed by atoms with Crippen LogP contribution in [0.2, 0.25) is 0 Å². The Kier molecular flexibility index (Phi) is 19.2. The van der Waals surface area contributed by atoms with Gasteiger partial charge in [0.15, 0.2) is 0 Å².